The third-order valence-corrected chi connectivity index (χ3v) is 3.23. The number of ether oxygens (including phenoxy) is 1. The Morgan fingerprint density at radius 1 is 1.71 bits per heavy atom. The number of likely N-dealkylation sites (tertiary alicyclic amines) is 1. The number of carbonyl (C=O) groups excluding carboxylic acids is 1. The number of hydrogen-bond acceptors (Lipinski definition) is 4. The Kier molecular flexibility index (Phi) is 3.96. The number of carbonyl (C=O) groups is 1. The summed E-state index contributed by atoms with van der Waals surface area (Å²) in [7, 11) is 0. The maximum atomic E-state index is 10.8. The van der Waals surface area contributed by atoms with Gasteiger partial charge in [-0.05, 0) is 28.4 Å². The zero-order chi connectivity index (χ0) is 12.3. The van der Waals surface area contributed by atoms with Gasteiger partial charge in [0.1, 0.15) is 11.9 Å². The monoisotopic (exact) mass is 299 g/mol. The first-order valence-electron chi connectivity index (χ1n) is 5.42. The lowest BCUT2D eigenvalue weighted by atomic mass is 10.3. The molecule has 2 rings (SSSR count). The normalized spacial score (nSPS) is 20.4. The Morgan fingerprint density at radius 3 is 3.24 bits per heavy atom. The fraction of sp³-hybridized carbons (Fsp3) is 0.455. The molecule has 1 saturated heterocycles. The topological polar surface area (TPSA) is 68.5 Å². The first-order valence-corrected chi connectivity index (χ1v) is 6.21. The number of rotatable bonds is 4. The molecule has 6 heteroatoms. The van der Waals surface area contributed by atoms with Crippen molar-refractivity contribution in [3.63, 3.8) is 0 Å². The lowest BCUT2D eigenvalue weighted by Crippen LogP contribution is -2.33. The summed E-state index contributed by atoms with van der Waals surface area (Å²) in [5, 5.41) is 0. The summed E-state index contributed by atoms with van der Waals surface area (Å²) in [5.41, 5.74) is 5.16. The maximum Gasteiger partial charge on any atom is 0.231 e. The Bertz CT molecular complexity index is 413. The van der Waals surface area contributed by atoms with E-state index < -0.39 is 0 Å². The summed E-state index contributed by atoms with van der Waals surface area (Å²) in [6.07, 6.45) is 4.40. The van der Waals surface area contributed by atoms with E-state index in [-0.39, 0.29) is 12.0 Å². The molecule has 1 unspecified atom stereocenters. The average molecular weight is 300 g/mol. The van der Waals surface area contributed by atoms with Crippen molar-refractivity contribution in [3.8, 4) is 5.75 Å². The van der Waals surface area contributed by atoms with Crippen molar-refractivity contribution in [1.29, 1.82) is 0 Å². The number of aromatic nitrogens is 1. The summed E-state index contributed by atoms with van der Waals surface area (Å²) in [6.45, 7) is 1.88. The van der Waals surface area contributed by atoms with E-state index in [0.29, 0.717) is 6.54 Å². The van der Waals surface area contributed by atoms with Crippen LogP contribution in [0, 0.1) is 0 Å². The van der Waals surface area contributed by atoms with Crippen LogP contribution in [0.4, 0.5) is 0 Å². The van der Waals surface area contributed by atoms with E-state index in [9.17, 15) is 4.79 Å². The number of hydrogen-bond donors (Lipinski definition) is 1. The van der Waals surface area contributed by atoms with Crippen molar-refractivity contribution in [3.05, 3.63) is 22.9 Å². The number of halogens is 1. The lowest BCUT2D eigenvalue weighted by Gasteiger charge is -2.16. The number of amides is 1. The predicted octanol–water partition coefficient (Wildman–Crippen LogP) is 0.782. The number of nitrogens with two attached hydrogens (primary N) is 1. The average Bonchev–Trinajstić information content (AvgIpc) is 2.68. The summed E-state index contributed by atoms with van der Waals surface area (Å²) in [5.74, 6) is 0.488. The first kappa shape index (κ1) is 12.3. The van der Waals surface area contributed by atoms with Gasteiger partial charge in [-0.3, -0.25) is 14.7 Å². The van der Waals surface area contributed by atoms with Gasteiger partial charge in [0.05, 0.1) is 11.0 Å². The van der Waals surface area contributed by atoms with Crippen LogP contribution in [0.15, 0.2) is 22.9 Å². The molecule has 0 saturated carbocycles. The highest BCUT2D eigenvalue weighted by Gasteiger charge is 2.25. The van der Waals surface area contributed by atoms with E-state index in [4.69, 9.17) is 10.5 Å². The van der Waals surface area contributed by atoms with Crippen LogP contribution in [0.2, 0.25) is 0 Å². The van der Waals surface area contributed by atoms with E-state index in [0.717, 1.165) is 29.7 Å². The quantitative estimate of drug-likeness (QED) is 0.892. The molecule has 2 N–H and O–H groups in total. The number of pyridine rings is 1. The van der Waals surface area contributed by atoms with E-state index in [1.807, 2.05) is 11.0 Å². The van der Waals surface area contributed by atoms with E-state index in [1.165, 1.54) is 0 Å². The molecule has 17 heavy (non-hydrogen) atoms. The molecule has 0 radical (unpaired) electrons. The van der Waals surface area contributed by atoms with Crippen LogP contribution >= 0.6 is 15.9 Å². The molecule has 0 bridgehead atoms. The van der Waals surface area contributed by atoms with Crippen molar-refractivity contribution in [2.75, 3.05) is 19.6 Å². The van der Waals surface area contributed by atoms with E-state index in [1.54, 1.807) is 12.4 Å². The molecule has 1 aliphatic heterocycles. The van der Waals surface area contributed by atoms with E-state index >= 15 is 0 Å². The highest BCUT2D eigenvalue weighted by Crippen LogP contribution is 2.25. The Hall–Kier alpha value is -1.14. The summed E-state index contributed by atoms with van der Waals surface area (Å²) >= 11 is 3.38. The molecule has 92 valence electrons. The Morgan fingerprint density at radius 2 is 2.53 bits per heavy atom. The van der Waals surface area contributed by atoms with Crippen molar-refractivity contribution in [1.82, 2.24) is 9.88 Å². The van der Waals surface area contributed by atoms with Gasteiger partial charge < -0.3 is 10.5 Å². The molecular weight excluding hydrogens is 286 g/mol. The Labute approximate surface area is 108 Å². The molecule has 1 fully saturated rings. The third kappa shape index (κ3) is 3.41. The highest BCUT2D eigenvalue weighted by molar-refractivity contribution is 9.10. The number of nitrogens with zero attached hydrogens (tertiary/aromatic N) is 2. The molecule has 1 aliphatic rings. The zero-order valence-corrected chi connectivity index (χ0v) is 10.9. The van der Waals surface area contributed by atoms with Crippen LogP contribution in [0.1, 0.15) is 6.42 Å². The van der Waals surface area contributed by atoms with Gasteiger partial charge in [0.25, 0.3) is 0 Å². The lowest BCUT2D eigenvalue weighted by molar-refractivity contribution is -0.118. The zero-order valence-electron chi connectivity index (χ0n) is 9.30. The van der Waals surface area contributed by atoms with Gasteiger partial charge in [0.15, 0.2) is 0 Å². The van der Waals surface area contributed by atoms with Crippen molar-refractivity contribution in [2.45, 2.75) is 12.5 Å². The van der Waals surface area contributed by atoms with Crippen LogP contribution < -0.4 is 10.5 Å². The molecule has 0 spiro atoms. The maximum absolute atomic E-state index is 10.8. The van der Waals surface area contributed by atoms with Crippen LogP contribution in [-0.2, 0) is 4.79 Å². The first-order chi connectivity index (χ1) is 8.15. The van der Waals surface area contributed by atoms with Crippen molar-refractivity contribution < 1.29 is 9.53 Å². The second-order valence-electron chi connectivity index (χ2n) is 4.04. The summed E-state index contributed by atoms with van der Waals surface area (Å²) in [4.78, 5) is 16.8. The van der Waals surface area contributed by atoms with Crippen molar-refractivity contribution in [2.24, 2.45) is 5.73 Å². The SMILES string of the molecule is NC(=O)CN1CCC(Oc2ccncc2Br)C1. The predicted molar refractivity (Wildman–Crippen MR) is 66.6 cm³/mol. The Balaban J connectivity index is 1.90. The molecule has 2 heterocycles. The molecule has 1 amide bonds. The van der Waals surface area contributed by atoms with Crippen LogP contribution in [-0.4, -0.2) is 41.5 Å². The molecular formula is C11H14BrN3O2. The standard InChI is InChI=1S/C11H14BrN3O2/c12-9-5-14-3-1-10(9)17-8-2-4-15(6-8)7-11(13)16/h1,3,5,8H,2,4,6-7H2,(H2,13,16). The van der Waals surface area contributed by atoms with Crippen LogP contribution in [0.25, 0.3) is 0 Å². The minimum Gasteiger partial charge on any atom is -0.488 e. The second kappa shape index (κ2) is 5.46. The third-order valence-electron chi connectivity index (χ3n) is 2.64. The molecule has 1 aromatic rings. The van der Waals surface area contributed by atoms with Gasteiger partial charge >= 0.3 is 0 Å². The van der Waals surface area contributed by atoms with Crippen molar-refractivity contribution >= 4 is 21.8 Å². The largest absolute Gasteiger partial charge is 0.488 e. The fourth-order valence-electron chi connectivity index (χ4n) is 1.89. The summed E-state index contributed by atoms with van der Waals surface area (Å²) < 4.78 is 6.68. The molecule has 0 aliphatic carbocycles. The van der Waals surface area contributed by atoms with E-state index in [2.05, 4.69) is 20.9 Å². The molecule has 1 aromatic heterocycles. The number of primary amides is 1. The van der Waals surface area contributed by atoms with Gasteiger partial charge in [-0.15, -0.1) is 0 Å². The second-order valence-corrected chi connectivity index (χ2v) is 4.89. The van der Waals surface area contributed by atoms with Gasteiger partial charge in [0.2, 0.25) is 5.91 Å². The van der Waals surface area contributed by atoms with Gasteiger partial charge in [-0.2, -0.15) is 0 Å². The minimum atomic E-state index is -0.296. The molecule has 5 nitrogen and oxygen atoms in total. The van der Waals surface area contributed by atoms with Gasteiger partial charge in [-0.1, -0.05) is 0 Å². The fourth-order valence-corrected chi connectivity index (χ4v) is 2.24. The van der Waals surface area contributed by atoms with Gasteiger partial charge in [0, 0.05) is 25.5 Å². The molecule has 1 atom stereocenters. The minimum absolute atomic E-state index is 0.105. The van der Waals surface area contributed by atoms with Gasteiger partial charge in [-0.25, -0.2) is 0 Å². The highest BCUT2D eigenvalue weighted by atomic mass is 79.9. The smallest absolute Gasteiger partial charge is 0.231 e. The summed E-state index contributed by atoms with van der Waals surface area (Å²) in [6, 6.07) is 1.82. The van der Waals surface area contributed by atoms with Crippen LogP contribution in [0.5, 0.6) is 5.75 Å². The molecule has 0 aromatic carbocycles. The van der Waals surface area contributed by atoms with Crippen LogP contribution in [0.3, 0.4) is 0 Å².